The molecule has 0 aromatic rings. The lowest BCUT2D eigenvalue weighted by atomic mass is 9.88. The zero-order valence-electron chi connectivity index (χ0n) is 16.2. The van der Waals surface area contributed by atoms with Crippen molar-refractivity contribution in [3.8, 4) is 0 Å². The minimum atomic E-state index is -0.509. The Morgan fingerprint density at radius 3 is 2.21 bits per heavy atom. The SMILES string of the molecule is C/C=C/C[C@H](C(=O)OC(C)(C)C)[C@H]1CCN(C(=O)OC(C)(C)C)C1. The number of carbonyl (C=O) groups excluding carboxylic acids is 2. The molecule has 5 nitrogen and oxygen atoms in total. The number of esters is 1. The fourth-order valence-corrected chi connectivity index (χ4v) is 2.75. The van der Waals surface area contributed by atoms with Crippen LogP contribution in [-0.4, -0.2) is 41.3 Å². The number of hydrogen-bond donors (Lipinski definition) is 0. The van der Waals surface area contributed by atoms with E-state index in [-0.39, 0.29) is 23.9 Å². The third-order valence-electron chi connectivity index (χ3n) is 3.78. The van der Waals surface area contributed by atoms with Crippen molar-refractivity contribution in [1.82, 2.24) is 4.90 Å². The van der Waals surface area contributed by atoms with Gasteiger partial charge in [0.15, 0.2) is 0 Å². The molecular formula is C19H33NO4. The molecule has 1 aliphatic heterocycles. The summed E-state index contributed by atoms with van der Waals surface area (Å²) >= 11 is 0. The van der Waals surface area contributed by atoms with Gasteiger partial charge < -0.3 is 14.4 Å². The van der Waals surface area contributed by atoms with E-state index in [1.165, 1.54) is 0 Å². The van der Waals surface area contributed by atoms with Crippen molar-refractivity contribution >= 4 is 12.1 Å². The molecule has 0 aromatic carbocycles. The Morgan fingerprint density at radius 2 is 1.71 bits per heavy atom. The molecule has 0 spiro atoms. The molecular weight excluding hydrogens is 306 g/mol. The van der Waals surface area contributed by atoms with Crippen LogP contribution in [0.5, 0.6) is 0 Å². The molecule has 1 amide bonds. The minimum Gasteiger partial charge on any atom is -0.460 e. The number of hydrogen-bond acceptors (Lipinski definition) is 4. The average molecular weight is 339 g/mol. The predicted octanol–water partition coefficient (Wildman–Crippen LogP) is 4.17. The van der Waals surface area contributed by atoms with Gasteiger partial charge in [-0.2, -0.15) is 0 Å². The van der Waals surface area contributed by atoms with Gasteiger partial charge >= 0.3 is 12.1 Å². The first-order valence-corrected chi connectivity index (χ1v) is 8.75. The van der Waals surface area contributed by atoms with E-state index in [2.05, 4.69) is 0 Å². The van der Waals surface area contributed by atoms with Crippen LogP contribution in [0.4, 0.5) is 4.79 Å². The van der Waals surface area contributed by atoms with Crippen LogP contribution in [0.25, 0.3) is 0 Å². The Labute approximate surface area is 146 Å². The largest absolute Gasteiger partial charge is 0.460 e. The first-order chi connectivity index (χ1) is 10.9. The van der Waals surface area contributed by atoms with E-state index in [1.807, 2.05) is 60.6 Å². The van der Waals surface area contributed by atoms with Crippen molar-refractivity contribution in [2.24, 2.45) is 11.8 Å². The lowest BCUT2D eigenvalue weighted by Crippen LogP contribution is -2.37. The van der Waals surface area contributed by atoms with Crippen molar-refractivity contribution in [2.75, 3.05) is 13.1 Å². The Bertz CT molecular complexity index is 471. The van der Waals surface area contributed by atoms with Crippen LogP contribution in [-0.2, 0) is 14.3 Å². The number of ether oxygens (including phenoxy) is 2. The van der Waals surface area contributed by atoms with E-state index < -0.39 is 11.2 Å². The molecule has 1 fully saturated rings. The number of allylic oxidation sites excluding steroid dienone is 2. The second-order valence-corrected chi connectivity index (χ2v) is 8.42. The van der Waals surface area contributed by atoms with Gasteiger partial charge in [0.2, 0.25) is 0 Å². The average Bonchev–Trinajstić information content (AvgIpc) is 2.84. The molecule has 2 atom stereocenters. The summed E-state index contributed by atoms with van der Waals surface area (Å²) in [5.74, 6) is -0.312. The molecule has 0 saturated carbocycles. The van der Waals surface area contributed by atoms with Crippen LogP contribution in [0, 0.1) is 11.8 Å². The highest BCUT2D eigenvalue weighted by Crippen LogP contribution is 2.30. The van der Waals surface area contributed by atoms with Crippen LogP contribution < -0.4 is 0 Å². The molecule has 5 heteroatoms. The second-order valence-electron chi connectivity index (χ2n) is 8.42. The highest BCUT2D eigenvalue weighted by molar-refractivity contribution is 5.74. The van der Waals surface area contributed by atoms with Gasteiger partial charge in [-0.05, 0) is 67.2 Å². The van der Waals surface area contributed by atoms with Crippen molar-refractivity contribution < 1.29 is 19.1 Å². The van der Waals surface area contributed by atoms with E-state index in [9.17, 15) is 9.59 Å². The van der Waals surface area contributed by atoms with Crippen LogP contribution in [0.15, 0.2) is 12.2 Å². The molecule has 1 heterocycles. The second kappa shape index (κ2) is 8.04. The van der Waals surface area contributed by atoms with Gasteiger partial charge in [0.25, 0.3) is 0 Å². The summed E-state index contributed by atoms with van der Waals surface area (Å²) in [4.78, 5) is 26.5. The zero-order valence-corrected chi connectivity index (χ0v) is 16.2. The van der Waals surface area contributed by atoms with Crippen molar-refractivity contribution in [1.29, 1.82) is 0 Å². The maximum Gasteiger partial charge on any atom is 0.410 e. The fraction of sp³-hybridized carbons (Fsp3) is 0.789. The molecule has 1 aliphatic rings. The van der Waals surface area contributed by atoms with E-state index in [0.717, 1.165) is 6.42 Å². The Hall–Kier alpha value is -1.52. The van der Waals surface area contributed by atoms with Gasteiger partial charge in [0.1, 0.15) is 11.2 Å². The lowest BCUT2D eigenvalue weighted by Gasteiger charge is -2.27. The molecule has 24 heavy (non-hydrogen) atoms. The molecule has 0 N–H and O–H groups in total. The first kappa shape index (κ1) is 20.5. The lowest BCUT2D eigenvalue weighted by molar-refractivity contribution is -0.161. The monoisotopic (exact) mass is 339 g/mol. The number of amides is 1. The van der Waals surface area contributed by atoms with Crippen LogP contribution in [0.2, 0.25) is 0 Å². The summed E-state index contributed by atoms with van der Waals surface area (Å²) in [7, 11) is 0. The smallest absolute Gasteiger partial charge is 0.410 e. The molecule has 0 bridgehead atoms. The van der Waals surface area contributed by atoms with E-state index >= 15 is 0 Å². The molecule has 0 aliphatic carbocycles. The number of nitrogens with zero attached hydrogens (tertiary/aromatic N) is 1. The molecule has 0 unspecified atom stereocenters. The Balaban J connectivity index is 2.75. The van der Waals surface area contributed by atoms with Crippen LogP contribution >= 0.6 is 0 Å². The first-order valence-electron chi connectivity index (χ1n) is 8.75. The number of carbonyl (C=O) groups is 2. The number of rotatable bonds is 4. The van der Waals surface area contributed by atoms with E-state index in [1.54, 1.807) is 4.90 Å². The maximum absolute atomic E-state index is 12.6. The minimum absolute atomic E-state index is 0.101. The van der Waals surface area contributed by atoms with Gasteiger partial charge in [-0.25, -0.2) is 4.79 Å². The molecule has 0 aromatic heterocycles. The summed E-state index contributed by atoms with van der Waals surface area (Å²) in [6.45, 7) is 14.3. The molecule has 138 valence electrons. The Kier molecular flexibility index (Phi) is 6.87. The number of likely N-dealkylation sites (tertiary alicyclic amines) is 1. The predicted molar refractivity (Wildman–Crippen MR) is 94.7 cm³/mol. The quantitative estimate of drug-likeness (QED) is 0.570. The third kappa shape index (κ3) is 6.93. The van der Waals surface area contributed by atoms with E-state index in [0.29, 0.717) is 19.5 Å². The highest BCUT2D eigenvalue weighted by Gasteiger charge is 2.38. The van der Waals surface area contributed by atoms with Crippen molar-refractivity contribution in [2.45, 2.75) is 72.5 Å². The molecule has 1 saturated heterocycles. The molecule has 0 radical (unpaired) electrons. The summed E-state index contributed by atoms with van der Waals surface area (Å²) in [5.41, 5.74) is -1.01. The normalized spacial score (nSPS) is 20.3. The van der Waals surface area contributed by atoms with Crippen molar-refractivity contribution in [3.63, 3.8) is 0 Å². The standard InChI is InChI=1S/C19H33NO4/c1-8-9-10-15(16(21)23-18(2,3)4)14-11-12-20(13-14)17(22)24-19(5,6)7/h8-9,14-15H,10-13H2,1-7H3/b9-8+/t14-,15-/m0/s1. The van der Waals surface area contributed by atoms with Crippen LogP contribution in [0.3, 0.4) is 0 Å². The zero-order chi connectivity index (χ0) is 18.5. The van der Waals surface area contributed by atoms with Crippen LogP contribution in [0.1, 0.15) is 61.3 Å². The van der Waals surface area contributed by atoms with E-state index in [4.69, 9.17) is 9.47 Å². The van der Waals surface area contributed by atoms with Gasteiger partial charge in [0.05, 0.1) is 5.92 Å². The maximum atomic E-state index is 12.6. The van der Waals surface area contributed by atoms with Gasteiger partial charge in [-0.3, -0.25) is 4.79 Å². The summed E-state index contributed by atoms with van der Waals surface area (Å²) in [5, 5.41) is 0. The highest BCUT2D eigenvalue weighted by atomic mass is 16.6. The summed E-state index contributed by atoms with van der Waals surface area (Å²) in [6, 6.07) is 0. The van der Waals surface area contributed by atoms with Gasteiger partial charge in [-0.15, -0.1) is 0 Å². The van der Waals surface area contributed by atoms with Gasteiger partial charge in [0, 0.05) is 13.1 Å². The topological polar surface area (TPSA) is 55.8 Å². The summed E-state index contributed by atoms with van der Waals surface area (Å²) in [6.07, 6.45) is 5.06. The van der Waals surface area contributed by atoms with Gasteiger partial charge in [-0.1, -0.05) is 12.2 Å². The fourth-order valence-electron chi connectivity index (χ4n) is 2.75. The molecule has 1 rings (SSSR count). The summed E-state index contributed by atoms with van der Waals surface area (Å²) < 4.78 is 11.0. The Morgan fingerprint density at radius 1 is 1.12 bits per heavy atom. The van der Waals surface area contributed by atoms with Crippen molar-refractivity contribution in [3.05, 3.63) is 12.2 Å². The third-order valence-corrected chi connectivity index (χ3v) is 3.78.